The number of hydrogen-bond donors (Lipinski definition) is 4. The Hall–Kier alpha value is -4.12. The molecule has 0 spiro atoms. The monoisotopic (exact) mass is 592 g/mol. The van der Waals surface area contributed by atoms with Crippen LogP contribution in [0.2, 0.25) is 5.02 Å². The molecule has 5 rings (SSSR count). The van der Waals surface area contributed by atoms with Gasteiger partial charge in [0, 0.05) is 23.7 Å². The maximum atomic E-state index is 14.0. The fraction of sp³-hybridized carbons (Fsp3) is 0.290. The molecule has 0 unspecified atom stereocenters. The van der Waals surface area contributed by atoms with Gasteiger partial charge in [-0.05, 0) is 85.8 Å². The number of anilines is 1. The van der Waals surface area contributed by atoms with Gasteiger partial charge in [-0.15, -0.1) is 0 Å². The minimum absolute atomic E-state index is 0.116. The van der Waals surface area contributed by atoms with Crippen LogP contribution >= 0.6 is 11.6 Å². The van der Waals surface area contributed by atoms with Crippen LogP contribution in [0.25, 0.3) is 0 Å². The number of nitrogens with one attached hydrogen (secondary N) is 2. The Morgan fingerprint density at radius 2 is 1.83 bits per heavy atom. The van der Waals surface area contributed by atoms with E-state index in [4.69, 9.17) is 27.9 Å². The van der Waals surface area contributed by atoms with Crippen LogP contribution in [-0.4, -0.2) is 42.9 Å². The lowest BCUT2D eigenvalue weighted by Crippen LogP contribution is -2.40. The Kier molecular flexibility index (Phi) is 9.26. The third kappa shape index (κ3) is 6.84. The van der Waals surface area contributed by atoms with Crippen molar-refractivity contribution in [1.82, 2.24) is 15.6 Å². The van der Waals surface area contributed by atoms with Crippen molar-refractivity contribution in [3.05, 3.63) is 106 Å². The first-order chi connectivity index (χ1) is 20.3. The number of hydrogen-bond acceptors (Lipinski definition) is 7. The third-order valence-corrected chi connectivity index (χ3v) is 8.07. The quantitative estimate of drug-likeness (QED) is 0.221. The number of nitrogens with two attached hydrogens (primary N) is 2. The second kappa shape index (κ2) is 13.2. The summed E-state index contributed by atoms with van der Waals surface area (Å²) in [6.07, 6.45) is 3.36. The number of likely N-dealkylation sites (tertiary alicyclic amines) is 1. The molecule has 3 aromatic rings. The molecule has 0 saturated carbocycles. The molecule has 220 valence electrons. The molecule has 11 heteroatoms. The van der Waals surface area contributed by atoms with E-state index in [1.165, 1.54) is 34.7 Å². The van der Waals surface area contributed by atoms with E-state index in [1.54, 1.807) is 12.1 Å². The number of carbonyl (C=O) groups is 2. The van der Waals surface area contributed by atoms with Crippen LogP contribution in [0.5, 0.6) is 5.75 Å². The Balaban J connectivity index is 1.24. The molecule has 0 atom stereocenters. The maximum Gasteiger partial charge on any atom is 0.281 e. The largest absolute Gasteiger partial charge is 0.437 e. The molecule has 9 nitrogen and oxygen atoms in total. The van der Waals surface area contributed by atoms with Crippen LogP contribution in [-0.2, 0) is 17.8 Å². The average molecular weight is 593 g/mol. The molecule has 2 aliphatic heterocycles. The summed E-state index contributed by atoms with van der Waals surface area (Å²) < 4.78 is 19.7. The summed E-state index contributed by atoms with van der Waals surface area (Å²) >= 11 is 6.30. The molecule has 2 aliphatic rings. The van der Waals surface area contributed by atoms with Crippen molar-refractivity contribution in [2.45, 2.75) is 25.8 Å². The van der Waals surface area contributed by atoms with Crippen LogP contribution in [0.1, 0.15) is 34.3 Å². The highest BCUT2D eigenvalue weighted by Gasteiger charge is 2.31. The summed E-state index contributed by atoms with van der Waals surface area (Å²) in [5.41, 5.74) is 10.4. The van der Waals surface area contributed by atoms with Crippen molar-refractivity contribution in [3.8, 4) is 5.75 Å². The molecule has 42 heavy (non-hydrogen) atoms. The first kappa shape index (κ1) is 29.4. The van der Waals surface area contributed by atoms with E-state index in [-0.39, 0.29) is 40.5 Å². The Morgan fingerprint density at radius 3 is 2.57 bits per heavy atom. The zero-order valence-corrected chi connectivity index (χ0v) is 23.9. The lowest BCUT2D eigenvalue weighted by Gasteiger charge is -2.32. The molecule has 0 aromatic heterocycles. The van der Waals surface area contributed by atoms with Gasteiger partial charge >= 0.3 is 0 Å². The molecule has 1 fully saturated rings. The highest BCUT2D eigenvalue weighted by atomic mass is 35.5. The van der Waals surface area contributed by atoms with E-state index in [0.29, 0.717) is 23.6 Å². The van der Waals surface area contributed by atoms with E-state index >= 15 is 0 Å². The van der Waals surface area contributed by atoms with Gasteiger partial charge in [0.2, 0.25) is 5.88 Å². The molecule has 2 heterocycles. The van der Waals surface area contributed by atoms with Gasteiger partial charge in [-0.25, -0.2) is 4.39 Å². The molecule has 1 saturated heterocycles. The van der Waals surface area contributed by atoms with E-state index < -0.39 is 11.7 Å². The zero-order valence-electron chi connectivity index (χ0n) is 23.1. The number of amides is 2. The Morgan fingerprint density at radius 1 is 1.07 bits per heavy atom. The van der Waals surface area contributed by atoms with E-state index in [9.17, 15) is 14.0 Å². The topological polar surface area (TPSA) is 126 Å². The highest BCUT2D eigenvalue weighted by Crippen LogP contribution is 2.36. The van der Waals surface area contributed by atoms with Crippen LogP contribution in [0.15, 0.2) is 78.3 Å². The average Bonchev–Trinajstić information content (AvgIpc) is 3.08. The van der Waals surface area contributed by atoms with Crippen LogP contribution < -0.4 is 32.0 Å². The summed E-state index contributed by atoms with van der Waals surface area (Å²) in [5.74, 6) is 4.81. The van der Waals surface area contributed by atoms with E-state index in [0.717, 1.165) is 38.9 Å². The van der Waals surface area contributed by atoms with Gasteiger partial charge in [-0.3, -0.25) is 20.3 Å². The number of rotatable bonds is 9. The van der Waals surface area contributed by atoms with Crippen LogP contribution in [0.3, 0.4) is 0 Å². The van der Waals surface area contributed by atoms with Crippen molar-refractivity contribution >= 4 is 29.1 Å². The number of ether oxygens (including phenoxy) is 1. The van der Waals surface area contributed by atoms with Crippen molar-refractivity contribution in [2.24, 2.45) is 17.5 Å². The minimum Gasteiger partial charge on any atom is -0.437 e. The van der Waals surface area contributed by atoms with Crippen molar-refractivity contribution in [3.63, 3.8) is 0 Å². The molecule has 0 radical (unpaired) electrons. The lowest BCUT2D eigenvalue weighted by molar-refractivity contribution is -0.115. The fourth-order valence-corrected chi connectivity index (χ4v) is 5.57. The fourth-order valence-electron chi connectivity index (χ4n) is 5.39. The normalized spacial score (nSPS) is 16.1. The van der Waals surface area contributed by atoms with Gasteiger partial charge in [-0.1, -0.05) is 41.9 Å². The first-order valence-corrected chi connectivity index (χ1v) is 14.3. The molecule has 0 aliphatic carbocycles. The van der Waals surface area contributed by atoms with Crippen molar-refractivity contribution in [1.29, 1.82) is 0 Å². The maximum absolute atomic E-state index is 14.0. The van der Waals surface area contributed by atoms with Crippen LogP contribution in [0.4, 0.5) is 10.1 Å². The smallest absolute Gasteiger partial charge is 0.281 e. The minimum atomic E-state index is -0.623. The zero-order chi connectivity index (χ0) is 29.6. The second-order valence-corrected chi connectivity index (χ2v) is 10.9. The number of piperidine rings is 1. The lowest BCUT2D eigenvalue weighted by atomic mass is 9.90. The van der Waals surface area contributed by atoms with Gasteiger partial charge < -0.3 is 26.1 Å². The number of fused-ring (bicyclic) bond motifs is 1. The molecular weight excluding hydrogens is 559 g/mol. The van der Waals surface area contributed by atoms with Crippen molar-refractivity contribution < 1.29 is 18.7 Å². The summed E-state index contributed by atoms with van der Waals surface area (Å²) in [6.45, 7) is 3.10. The standard InChI is InChI=1S/C31H34ClFN6O3/c32-25-8-7-24(33)17-23(25)19-39-26-18-22(6-9-27(26)42-29(34)28(37-35)31(39)41)30(40)36-12-15-38-13-10-21(11-14-38)16-20-4-2-1-3-5-20/h1-9,17-18,21,37H,10-16,19,34-35H2,(H,36,40). The number of halogens is 2. The molecule has 2 amide bonds. The Labute approximate surface area is 249 Å². The number of nitrogens with zero attached hydrogens (tertiary/aromatic N) is 2. The van der Waals surface area contributed by atoms with E-state index in [1.807, 2.05) is 6.07 Å². The van der Waals surface area contributed by atoms with E-state index in [2.05, 4.69) is 39.9 Å². The number of benzene rings is 3. The molecular formula is C31H34ClFN6O3. The number of hydrazine groups is 1. The number of carbonyl (C=O) groups excluding carboxylic acids is 2. The predicted octanol–water partition coefficient (Wildman–Crippen LogP) is 3.68. The van der Waals surface area contributed by atoms with Gasteiger partial charge in [0.25, 0.3) is 11.8 Å². The van der Waals surface area contributed by atoms with Gasteiger partial charge in [0.15, 0.2) is 11.4 Å². The SMILES string of the molecule is NNC1=C(N)Oc2ccc(C(=O)NCCN3CCC(Cc4ccccc4)CC3)cc2N(Cc2cc(F)ccc2Cl)C1=O. The molecule has 6 N–H and O–H groups in total. The van der Waals surface area contributed by atoms with Gasteiger partial charge in [0.1, 0.15) is 5.82 Å². The third-order valence-electron chi connectivity index (χ3n) is 7.71. The van der Waals surface area contributed by atoms with Crippen LogP contribution in [0, 0.1) is 11.7 Å². The Bertz CT molecular complexity index is 1480. The summed E-state index contributed by atoms with van der Waals surface area (Å²) in [6, 6.07) is 19.1. The summed E-state index contributed by atoms with van der Waals surface area (Å²) in [5, 5.41) is 3.25. The summed E-state index contributed by atoms with van der Waals surface area (Å²) in [7, 11) is 0. The second-order valence-electron chi connectivity index (χ2n) is 10.5. The summed E-state index contributed by atoms with van der Waals surface area (Å²) in [4.78, 5) is 30.2. The van der Waals surface area contributed by atoms with Gasteiger partial charge in [-0.2, -0.15) is 0 Å². The highest BCUT2D eigenvalue weighted by molar-refractivity contribution is 6.31. The van der Waals surface area contributed by atoms with Crippen molar-refractivity contribution in [2.75, 3.05) is 31.1 Å². The predicted molar refractivity (Wildman–Crippen MR) is 160 cm³/mol. The molecule has 3 aromatic carbocycles. The first-order valence-electron chi connectivity index (χ1n) is 13.9. The molecule has 0 bridgehead atoms. The van der Waals surface area contributed by atoms with Gasteiger partial charge in [0.05, 0.1) is 12.2 Å².